The van der Waals surface area contributed by atoms with Gasteiger partial charge in [0.2, 0.25) is 0 Å². The van der Waals surface area contributed by atoms with Gasteiger partial charge in [0.25, 0.3) is 0 Å². The van der Waals surface area contributed by atoms with Crippen LogP contribution in [-0.4, -0.2) is 61.2 Å². The van der Waals surface area contributed by atoms with E-state index in [2.05, 4.69) is 0 Å². The SMILES string of the molecule is O=[C](O)[Sn].[Na]. The van der Waals surface area contributed by atoms with E-state index >= 15 is 0 Å². The summed E-state index contributed by atoms with van der Waals surface area (Å²) in [6, 6.07) is 0. The molecule has 0 saturated carbocycles. The van der Waals surface area contributed by atoms with Crippen LogP contribution >= 0.6 is 0 Å². The molecule has 4 heteroatoms. The van der Waals surface area contributed by atoms with Crippen molar-refractivity contribution in [3.05, 3.63) is 0 Å². The van der Waals surface area contributed by atoms with Crippen LogP contribution < -0.4 is 0 Å². The molecule has 0 fully saturated rings. The van der Waals surface area contributed by atoms with E-state index in [0.717, 1.165) is 0 Å². The first kappa shape index (κ1) is 9.55. The van der Waals surface area contributed by atoms with Gasteiger partial charge in [0.15, 0.2) is 0 Å². The van der Waals surface area contributed by atoms with Crippen LogP contribution in [0.4, 0.5) is 4.79 Å². The minimum Gasteiger partial charge on any atom is 0 e. The molecule has 0 heterocycles. The van der Waals surface area contributed by atoms with Crippen LogP contribution in [0.25, 0.3) is 0 Å². The van der Waals surface area contributed by atoms with Gasteiger partial charge in [0, 0.05) is 29.6 Å². The minimum absolute atomic E-state index is 0. The Balaban J connectivity index is 0. The summed E-state index contributed by atoms with van der Waals surface area (Å²) in [5, 5.41) is 7.46. The number of carbonyl (C=O) groups is 1. The van der Waals surface area contributed by atoms with Crippen molar-refractivity contribution in [1.29, 1.82) is 0 Å². The summed E-state index contributed by atoms with van der Waals surface area (Å²) >= 11 is 0.553. The van der Waals surface area contributed by atoms with Gasteiger partial charge in [-0.2, -0.15) is 0 Å². The zero-order chi connectivity index (χ0) is 3.58. The van der Waals surface area contributed by atoms with E-state index in [1.54, 1.807) is 0 Å². The third-order valence-electron chi connectivity index (χ3n) is 0. The Morgan fingerprint density at radius 1 is 1.80 bits per heavy atom. The fourth-order valence-electron chi connectivity index (χ4n) is 0. The summed E-state index contributed by atoms with van der Waals surface area (Å²) < 4.78 is -0.743. The molecule has 0 saturated heterocycles. The standard InChI is InChI=1S/CHO2.Na.Sn/c2-1-3;;/h(H,2,3);;. The van der Waals surface area contributed by atoms with Gasteiger partial charge in [-0.25, -0.2) is 0 Å². The van der Waals surface area contributed by atoms with Crippen LogP contribution in [0.3, 0.4) is 0 Å². The molecule has 0 aromatic carbocycles. The second-order valence-electron chi connectivity index (χ2n) is 0.305. The van der Waals surface area contributed by atoms with Gasteiger partial charge < -0.3 is 0 Å². The van der Waals surface area contributed by atoms with Crippen molar-refractivity contribution < 1.29 is 9.90 Å². The first-order chi connectivity index (χ1) is 1.73. The Labute approximate surface area is 65.3 Å². The third kappa shape index (κ3) is 35.0. The van der Waals surface area contributed by atoms with Gasteiger partial charge in [-0.05, 0) is 0 Å². The fourth-order valence-corrected chi connectivity index (χ4v) is 0. The molecule has 0 atom stereocenters. The summed E-state index contributed by atoms with van der Waals surface area (Å²) in [6.45, 7) is 0. The van der Waals surface area contributed by atoms with E-state index in [1.165, 1.54) is 0 Å². The van der Waals surface area contributed by atoms with Crippen molar-refractivity contribution >= 4 is 56.1 Å². The summed E-state index contributed by atoms with van der Waals surface area (Å²) in [7, 11) is 0. The van der Waals surface area contributed by atoms with Crippen LogP contribution in [0, 0.1) is 0 Å². The van der Waals surface area contributed by atoms with Crippen LogP contribution in [0.15, 0.2) is 0 Å². The van der Waals surface area contributed by atoms with E-state index in [0.29, 0.717) is 22.5 Å². The molecule has 5 heavy (non-hydrogen) atoms. The molecule has 0 aliphatic rings. The molecule has 4 radical (unpaired) electrons. The Morgan fingerprint density at radius 2 is 1.80 bits per heavy atom. The molecule has 0 rings (SSSR count). The van der Waals surface area contributed by atoms with Gasteiger partial charge in [0.05, 0.1) is 0 Å². The topological polar surface area (TPSA) is 37.3 Å². The molecule has 0 aliphatic carbocycles. The van der Waals surface area contributed by atoms with Crippen molar-refractivity contribution in [2.24, 2.45) is 0 Å². The first-order valence-corrected chi connectivity index (χ1v) is 2.10. The molecule has 0 unspecified atom stereocenters. The molecule has 22 valence electrons. The maximum absolute atomic E-state index is 9.04. The summed E-state index contributed by atoms with van der Waals surface area (Å²) in [4.78, 5) is 9.04. The summed E-state index contributed by atoms with van der Waals surface area (Å²) in [5.41, 5.74) is 0. The molecule has 1 N–H and O–H groups in total. The number of carboxylic acid groups (broad SMARTS) is 1. The Morgan fingerprint density at radius 3 is 1.80 bits per heavy atom. The average molecular weight is 187 g/mol. The maximum Gasteiger partial charge on any atom is 0 e. The third-order valence-corrected chi connectivity index (χ3v) is 0. The van der Waals surface area contributed by atoms with Crippen molar-refractivity contribution in [1.82, 2.24) is 0 Å². The largest absolute Gasteiger partial charge is 0 e. The Kier molecular flexibility index (Phi) is 10.1. The maximum atomic E-state index is 9.04. The van der Waals surface area contributed by atoms with Crippen molar-refractivity contribution in [3.8, 4) is 0 Å². The van der Waals surface area contributed by atoms with E-state index in [4.69, 9.17) is 9.90 Å². The molecule has 0 bridgehead atoms. The number of rotatable bonds is 0. The zero-order valence-corrected chi connectivity index (χ0v) is 7.71. The van der Waals surface area contributed by atoms with Crippen molar-refractivity contribution in [2.45, 2.75) is 0 Å². The monoisotopic (exact) mass is 188 g/mol. The van der Waals surface area contributed by atoms with Gasteiger partial charge in [-0.1, -0.05) is 0 Å². The molecular weight excluding hydrogens is 186 g/mol. The van der Waals surface area contributed by atoms with Crippen LogP contribution in [0.1, 0.15) is 0 Å². The first-order valence-electron chi connectivity index (χ1n) is 0.678. The predicted octanol–water partition coefficient (Wildman–Crippen LogP) is -0.548. The van der Waals surface area contributed by atoms with Crippen LogP contribution in [0.2, 0.25) is 0 Å². The van der Waals surface area contributed by atoms with Crippen molar-refractivity contribution in [3.63, 3.8) is 0 Å². The quantitative estimate of drug-likeness (QED) is 0.516. The molecule has 0 amide bonds. The molecule has 0 aromatic rings. The Bertz CT molecular complexity index is 32.6. The van der Waals surface area contributed by atoms with Crippen molar-refractivity contribution in [2.75, 3.05) is 0 Å². The van der Waals surface area contributed by atoms with E-state index in [-0.39, 0.29) is 29.6 Å². The molecule has 2 nitrogen and oxygen atoms in total. The van der Waals surface area contributed by atoms with Crippen LogP contribution in [0.5, 0.6) is 0 Å². The second kappa shape index (κ2) is 5.27. The van der Waals surface area contributed by atoms with E-state index in [1.807, 2.05) is 0 Å². The predicted molar refractivity (Wildman–Crippen MR) is 19.5 cm³/mol. The Hall–Kier alpha value is 1.27. The smallest absolute Gasteiger partial charge is 0 e. The summed E-state index contributed by atoms with van der Waals surface area (Å²) in [5.74, 6) is 0. The average Bonchev–Trinajstić information content (AvgIpc) is 0.811. The molecule has 0 spiro atoms. The van der Waals surface area contributed by atoms with E-state index < -0.39 is 3.99 Å². The van der Waals surface area contributed by atoms with Gasteiger partial charge in [-0.3, -0.25) is 0 Å². The molecular formula is CHNaO2Sn. The normalized spacial score (nSPS) is 5.00. The second-order valence-corrected chi connectivity index (χ2v) is 1.53. The minimum atomic E-state index is -0.743. The number of hydrogen-bond donors (Lipinski definition) is 1. The number of hydrogen-bond acceptors (Lipinski definition) is 1. The zero-order valence-electron chi connectivity index (χ0n) is 2.86. The summed E-state index contributed by atoms with van der Waals surface area (Å²) in [6.07, 6.45) is 0. The van der Waals surface area contributed by atoms with Crippen LogP contribution in [-0.2, 0) is 0 Å². The molecule has 0 aromatic heterocycles. The van der Waals surface area contributed by atoms with Gasteiger partial charge >= 0.3 is 36.4 Å². The fraction of sp³-hybridized carbons (Fsp3) is 0. The van der Waals surface area contributed by atoms with Gasteiger partial charge in [-0.15, -0.1) is 0 Å². The van der Waals surface area contributed by atoms with E-state index in [9.17, 15) is 0 Å². The molecule has 0 aliphatic heterocycles. The van der Waals surface area contributed by atoms with Gasteiger partial charge in [0.1, 0.15) is 0 Å².